The lowest BCUT2D eigenvalue weighted by Gasteiger charge is -2.18. The van der Waals surface area contributed by atoms with E-state index in [1.807, 2.05) is 47.4 Å². The molecule has 0 saturated carbocycles. The van der Waals surface area contributed by atoms with E-state index < -0.39 is 11.9 Å². The molecule has 0 aliphatic carbocycles. The lowest BCUT2D eigenvalue weighted by molar-refractivity contribution is 0.137. The van der Waals surface area contributed by atoms with Gasteiger partial charge in [0.25, 0.3) is 0 Å². The number of hydrogen-bond acceptors (Lipinski definition) is 7. The molecule has 0 saturated heterocycles. The average Bonchev–Trinajstić information content (AvgIpc) is 3.49. The third kappa shape index (κ3) is 4.82. The normalized spacial score (nSPS) is 12.2. The summed E-state index contributed by atoms with van der Waals surface area (Å²) < 4.78 is 26.5. The Kier molecular flexibility index (Phi) is 6.09. The van der Waals surface area contributed by atoms with Gasteiger partial charge in [0, 0.05) is 23.7 Å². The molecule has 0 bridgehead atoms. The van der Waals surface area contributed by atoms with Gasteiger partial charge in [-0.1, -0.05) is 42.5 Å². The molecule has 3 heterocycles. The minimum Gasteiger partial charge on any atom is -0.473 e. The number of pyridine rings is 1. The van der Waals surface area contributed by atoms with E-state index in [0.717, 1.165) is 16.8 Å². The van der Waals surface area contributed by atoms with Crippen LogP contribution < -0.4 is 9.64 Å². The quantitative estimate of drug-likeness (QED) is 0.408. The zero-order valence-corrected chi connectivity index (χ0v) is 18.6. The molecule has 1 aliphatic heterocycles. The van der Waals surface area contributed by atoms with E-state index in [-0.39, 0.29) is 18.8 Å². The number of anilines is 1. The van der Waals surface area contributed by atoms with E-state index >= 15 is 0 Å². The summed E-state index contributed by atoms with van der Waals surface area (Å²) in [6, 6.07) is 20.9. The van der Waals surface area contributed by atoms with Crippen LogP contribution in [0.4, 0.5) is 15.0 Å². The van der Waals surface area contributed by atoms with Gasteiger partial charge in [0.15, 0.2) is 0 Å². The Morgan fingerprint density at radius 2 is 1.91 bits per heavy atom. The Labute approximate surface area is 200 Å². The number of nitriles is 1. The fourth-order valence-corrected chi connectivity index (χ4v) is 3.80. The van der Waals surface area contributed by atoms with Crippen molar-refractivity contribution >= 4 is 11.9 Å². The van der Waals surface area contributed by atoms with E-state index in [9.17, 15) is 9.18 Å². The minimum absolute atomic E-state index is 0.0174. The van der Waals surface area contributed by atoms with Gasteiger partial charge < -0.3 is 14.4 Å². The van der Waals surface area contributed by atoms with Crippen molar-refractivity contribution < 1.29 is 18.7 Å². The van der Waals surface area contributed by atoms with E-state index in [1.54, 1.807) is 24.4 Å². The van der Waals surface area contributed by atoms with Crippen molar-refractivity contribution in [1.82, 2.24) is 14.8 Å². The molecule has 2 aromatic carbocycles. The van der Waals surface area contributed by atoms with Crippen molar-refractivity contribution in [2.45, 2.75) is 26.3 Å². The maximum Gasteiger partial charge on any atom is 0.435 e. The zero-order chi connectivity index (χ0) is 24.2. The summed E-state index contributed by atoms with van der Waals surface area (Å²) in [4.78, 5) is 19.1. The summed E-state index contributed by atoms with van der Waals surface area (Å²) in [5, 5.41) is 13.1. The lowest BCUT2D eigenvalue weighted by Crippen LogP contribution is -2.21. The van der Waals surface area contributed by atoms with E-state index in [4.69, 9.17) is 14.7 Å². The molecule has 0 unspecified atom stereocenters. The third-order valence-electron chi connectivity index (χ3n) is 5.63. The summed E-state index contributed by atoms with van der Waals surface area (Å²) in [6.45, 7) is 1.10. The van der Waals surface area contributed by atoms with Gasteiger partial charge >= 0.3 is 6.09 Å². The second-order valence-corrected chi connectivity index (χ2v) is 7.97. The Morgan fingerprint density at radius 1 is 1.06 bits per heavy atom. The molecule has 2 aromatic heterocycles. The van der Waals surface area contributed by atoms with Gasteiger partial charge in [-0.15, -0.1) is 0 Å². The van der Waals surface area contributed by atoms with Crippen molar-refractivity contribution in [3.63, 3.8) is 0 Å². The Hall–Kier alpha value is -4.71. The average molecular weight is 469 g/mol. The second kappa shape index (κ2) is 9.65. The third-order valence-corrected chi connectivity index (χ3v) is 5.63. The fraction of sp³-hybridized carbons (Fsp3) is 0.154. The molecule has 0 amide bonds. The van der Waals surface area contributed by atoms with Crippen molar-refractivity contribution in [2.24, 2.45) is 0 Å². The molecular formula is C26H20FN5O3. The largest absolute Gasteiger partial charge is 0.473 e. The fourth-order valence-electron chi connectivity index (χ4n) is 3.80. The Bertz CT molecular complexity index is 1410. The van der Waals surface area contributed by atoms with Crippen LogP contribution in [0.2, 0.25) is 0 Å². The maximum absolute atomic E-state index is 14.1. The first-order chi connectivity index (χ1) is 17.1. The van der Waals surface area contributed by atoms with Gasteiger partial charge in [0.2, 0.25) is 5.88 Å². The monoisotopic (exact) mass is 469 g/mol. The van der Waals surface area contributed by atoms with Crippen LogP contribution in [-0.4, -0.2) is 20.9 Å². The van der Waals surface area contributed by atoms with Gasteiger partial charge in [-0.05, 0) is 23.8 Å². The highest BCUT2D eigenvalue weighted by atomic mass is 19.1. The Morgan fingerprint density at radius 3 is 2.71 bits per heavy atom. The van der Waals surface area contributed by atoms with Crippen LogP contribution in [0.25, 0.3) is 0 Å². The number of carbonyl (C=O) groups is 1. The number of nitrogens with zero attached hydrogens (tertiary/aromatic N) is 5. The van der Waals surface area contributed by atoms with Gasteiger partial charge in [0.1, 0.15) is 24.8 Å². The second-order valence-electron chi connectivity index (χ2n) is 7.97. The zero-order valence-electron chi connectivity index (χ0n) is 18.6. The molecule has 8 nitrogen and oxygen atoms in total. The van der Waals surface area contributed by atoms with Crippen LogP contribution in [0.3, 0.4) is 0 Å². The predicted molar refractivity (Wildman–Crippen MR) is 124 cm³/mol. The first-order valence-corrected chi connectivity index (χ1v) is 10.9. The summed E-state index contributed by atoms with van der Waals surface area (Å²) in [5.41, 5.74) is 3.14. The van der Waals surface area contributed by atoms with Crippen LogP contribution in [-0.2, 0) is 31.0 Å². The highest BCUT2D eigenvalue weighted by Crippen LogP contribution is 2.28. The van der Waals surface area contributed by atoms with Crippen molar-refractivity contribution in [3.05, 3.63) is 107 Å². The number of ether oxygens (including phenoxy) is 2. The summed E-state index contributed by atoms with van der Waals surface area (Å²) >= 11 is 0. The number of aromatic nitrogens is 3. The summed E-state index contributed by atoms with van der Waals surface area (Å²) in [6.07, 6.45) is 1.12. The first-order valence-electron chi connectivity index (χ1n) is 10.9. The lowest BCUT2D eigenvalue weighted by atomic mass is 10.1. The molecule has 0 N–H and O–H groups in total. The topological polar surface area (TPSA) is 93.3 Å². The van der Waals surface area contributed by atoms with Crippen molar-refractivity contribution in [2.75, 3.05) is 4.90 Å². The molecule has 0 fully saturated rings. The number of rotatable bonds is 6. The maximum atomic E-state index is 14.1. The van der Waals surface area contributed by atoms with Crippen molar-refractivity contribution in [3.8, 4) is 11.9 Å². The van der Waals surface area contributed by atoms with Gasteiger partial charge in [-0.25, -0.2) is 9.18 Å². The number of hydrogen-bond donors (Lipinski definition) is 0. The molecule has 174 valence electrons. The van der Waals surface area contributed by atoms with E-state index in [1.165, 1.54) is 16.8 Å². The van der Waals surface area contributed by atoms with E-state index in [0.29, 0.717) is 30.4 Å². The van der Waals surface area contributed by atoms with E-state index in [2.05, 4.69) is 10.1 Å². The van der Waals surface area contributed by atoms with Crippen LogP contribution in [0.5, 0.6) is 5.88 Å². The molecular weight excluding hydrogens is 449 g/mol. The molecule has 0 atom stereocenters. The highest BCUT2D eigenvalue weighted by Gasteiger charge is 2.27. The first kappa shape index (κ1) is 22.1. The number of fused-ring (bicyclic) bond motifs is 1. The standard InChI is InChI=1S/C26H20FN5O3/c27-22-11-19(12-28)9-10-20(22)17-34-25-8-4-7-24(30-25)31-14-21-13-29-32(23(21)15-31)26(33)35-16-18-5-2-1-3-6-18/h1-11,13H,14-17H2. The smallest absolute Gasteiger partial charge is 0.435 e. The molecule has 9 heteroatoms. The van der Waals surface area contributed by atoms with Crippen LogP contribution in [0.15, 0.2) is 72.9 Å². The number of halogens is 1. The molecule has 0 spiro atoms. The molecule has 5 rings (SSSR count). The summed E-state index contributed by atoms with van der Waals surface area (Å²) in [5.74, 6) is 0.494. The number of carbonyl (C=O) groups excluding carboxylic acids is 1. The van der Waals surface area contributed by atoms with Gasteiger partial charge in [0.05, 0.1) is 30.1 Å². The van der Waals surface area contributed by atoms with Gasteiger partial charge in [-0.2, -0.15) is 20.0 Å². The molecule has 1 aliphatic rings. The van der Waals surface area contributed by atoms with Crippen molar-refractivity contribution in [1.29, 1.82) is 5.26 Å². The molecule has 0 radical (unpaired) electrons. The molecule has 4 aromatic rings. The van der Waals surface area contributed by atoms with Crippen LogP contribution in [0, 0.1) is 17.1 Å². The Balaban J connectivity index is 1.23. The number of benzene rings is 2. The van der Waals surface area contributed by atoms with Crippen LogP contribution in [0.1, 0.15) is 27.9 Å². The van der Waals surface area contributed by atoms with Crippen LogP contribution >= 0.6 is 0 Å². The van der Waals surface area contributed by atoms with Gasteiger partial charge in [-0.3, -0.25) is 0 Å². The SMILES string of the molecule is N#Cc1ccc(COc2cccc(N3Cc4cnn(C(=O)OCc5ccccc5)c4C3)n2)c(F)c1. The summed E-state index contributed by atoms with van der Waals surface area (Å²) in [7, 11) is 0. The molecule has 35 heavy (non-hydrogen) atoms. The predicted octanol–water partition coefficient (Wildman–Crippen LogP) is 4.57. The minimum atomic E-state index is -0.536. The highest BCUT2D eigenvalue weighted by molar-refractivity contribution is 5.71.